The van der Waals surface area contributed by atoms with Gasteiger partial charge >= 0.3 is 0 Å². The number of aryl methyl sites for hydroxylation is 1. The minimum absolute atomic E-state index is 0.213. The van der Waals surface area contributed by atoms with Crippen molar-refractivity contribution in [2.45, 2.75) is 31.7 Å². The first-order valence-electron chi connectivity index (χ1n) is 6.46. The molecule has 1 saturated carbocycles. The number of nitrogens with one attached hydrogen (secondary N) is 2. The molecule has 0 amide bonds. The highest BCUT2D eigenvalue weighted by Gasteiger charge is 2.21. The molecule has 1 aromatic rings. The molecule has 0 radical (unpaired) electrons. The zero-order chi connectivity index (χ0) is 11.7. The fraction of sp³-hybridized carbons (Fsp3) is 0.500. The van der Waals surface area contributed by atoms with Crippen molar-refractivity contribution in [3.8, 4) is 0 Å². The average Bonchev–Trinajstić information content (AvgIpc) is 3.19. The summed E-state index contributed by atoms with van der Waals surface area (Å²) < 4.78 is 0. The summed E-state index contributed by atoms with van der Waals surface area (Å²) in [4.78, 5) is 12.0. The Morgan fingerprint density at radius 3 is 3.12 bits per heavy atom. The van der Waals surface area contributed by atoms with E-state index < -0.39 is 0 Å². The van der Waals surface area contributed by atoms with Crippen LogP contribution >= 0.6 is 0 Å². The SMILES string of the molecule is O=C(CNC1CC1)c1ccc2c(c1)CCCN2. The van der Waals surface area contributed by atoms with E-state index in [1.165, 1.54) is 24.1 Å². The summed E-state index contributed by atoms with van der Waals surface area (Å²) in [5.74, 6) is 0.213. The predicted octanol–water partition coefficient (Wildman–Crippen LogP) is 1.98. The van der Waals surface area contributed by atoms with E-state index >= 15 is 0 Å². The largest absolute Gasteiger partial charge is 0.385 e. The number of carbonyl (C=O) groups is 1. The Morgan fingerprint density at radius 2 is 2.29 bits per heavy atom. The molecule has 90 valence electrons. The number of benzene rings is 1. The number of rotatable bonds is 4. The van der Waals surface area contributed by atoms with E-state index in [1.54, 1.807) is 0 Å². The van der Waals surface area contributed by atoms with Crippen LogP contribution in [0.3, 0.4) is 0 Å². The molecule has 0 spiro atoms. The topological polar surface area (TPSA) is 41.1 Å². The molecule has 2 aliphatic rings. The van der Waals surface area contributed by atoms with Crippen molar-refractivity contribution >= 4 is 11.5 Å². The van der Waals surface area contributed by atoms with Gasteiger partial charge in [-0.25, -0.2) is 0 Å². The molecule has 2 N–H and O–H groups in total. The molecule has 1 aromatic carbocycles. The van der Waals surface area contributed by atoms with Crippen LogP contribution < -0.4 is 10.6 Å². The number of carbonyl (C=O) groups excluding carboxylic acids is 1. The van der Waals surface area contributed by atoms with Gasteiger partial charge in [0, 0.05) is 23.8 Å². The summed E-state index contributed by atoms with van der Waals surface area (Å²) in [6.45, 7) is 1.53. The van der Waals surface area contributed by atoms with Crippen LogP contribution in [0.5, 0.6) is 0 Å². The molecule has 3 nitrogen and oxygen atoms in total. The summed E-state index contributed by atoms with van der Waals surface area (Å²) in [5, 5.41) is 6.63. The maximum absolute atomic E-state index is 12.0. The van der Waals surface area contributed by atoms with E-state index in [-0.39, 0.29) is 5.78 Å². The third kappa shape index (κ3) is 2.50. The maximum atomic E-state index is 12.0. The molecule has 0 unspecified atom stereocenters. The number of anilines is 1. The minimum Gasteiger partial charge on any atom is -0.385 e. The number of ketones is 1. The first kappa shape index (κ1) is 10.8. The Hall–Kier alpha value is -1.35. The van der Waals surface area contributed by atoms with Gasteiger partial charge in [-0.1, -0.05) is 0 Å². The van der Waals surface area contributed by atoms with E-state index in [2.05, 4.69) is 16.7 Å². The third-order valence-electron chi connectivity index (χ3n) is 3.49. The minimum atomic E-state index is 0.213. The number of Topliss-reactive ketones (excluding diaryl/α,β-unsaturated/α-hetero) is 1. The second-order valence-corrected chi connectivity index (χ2v) is 4.98. The quantitative estimate of drug-likeness (QED) is 0.777. The zero-order valence-corrected chi connectivity index (χ0v) is 9.96. The van der Waals surface area contributed by atoms with E-state index in [0.717, 1.165) is 24.9 Å². The van der Waals surface area contributed by atoms with Crippen molar-refractivity contribution in [3.63, 3.8) is 0 Å². The highest BCUT2D eigenvalue weighted by Crippen LogP contribution is 2.23. The normalized spacial score (nSPS) is 18.4. The molecule has 0 bridgehead atoms. The molecule has 1 heterocycles. The average molecular weight is 230 g/mol. The van der Waals surface area contributed by atoms with Gasteiger partial charge in [0.15, 0.2) is 5.78 Å². The van der Waals surface area contributed by atoms with Crippen molar-refractivity contribution in [1.82, 2.24) is 5.32 Å². The molecule has 17 heavy (non-hydrogen) atoms. The molecule has 3 heteroatoms. The first-order valence-corrected chi connectivity index (χ1v) is 6.46. The van der Waals surface area contributed by atoms with Crippen molar-refractivity contribution < 1.29 is 4.79 Å². The van der Waals surface area contributed by atoms with Crippen LogP contribution in [0.25, 0.3) is 0 Å². The van der Waals surface area contributed by atoms with Gasteiger partial charge < -0.3 is 10.6 Å². The van der Waals surface area contributed by atoms with Gasteiger partial charge in [0.1, 0.15) is 0 Å². The predicted molar refractivity (Wildman–Crippen MR) is 68.6 cm³/mol. The molecule has 0 atom stereocenters. The Kier molecular flexibility index (Phi) is 2.85. The summed E-state index contributed by atoms with van der Waals surface area (Å²) in [5.41, 5.74) is 3.33. The lowest BCUT2D eigenvalue weighted by molar-refractivity contribution is 0.0990. The lowest BCUT2D eigenvalue weighted by Gasteiger charge is -2.18. The van der Waals surface area contributed by atoms with Crippen LogP contribution in [-0.2, 0) is 6.42 Å². The second kappa shape index (κ2) is 4.49. The molecular weight excluding hydrogens is 212 g/mol. The Balaban J connectivity index is 1.70. The Bertz CT molecular complexity index is 438. The molecule has 0 aromatic heterocycles. The van der Waals surface area contributed by atoms with Gasteiger partial charge in [0.05, 0.1) is 6.54 Å². The number of hydrogen-bond acceptors (Lipinski definition) is 3. The smallest absolute Gasteiger partial charge is 0.176 e. The van der Waals surface area contributed by atoms with E-state index in [9.17, 15) is 4.79 Å². The highest BCUT2D eigenvalue weighted by molar-refractivity contribution is 5.98. The lowest BCUT2D eigenvalue weighted by Crippen LogP contribution is -2.25. The molecule has 0 saturated heterocycles. The van der Waals surface area contributed by atoms with Crippen LogP contribution in [0, 0.1) is 0 Å². The van der Waals surface area contributed by atoms with Gasteiger partial charge in [0.2, 0.25) is 0 Å². The van der Waals surface area contributed by atoms with Gasteiger partial charge in [-0.15, -0.1) is 0 Å². The van der Waals surface area contributed by atoms with Crippen LogP contribution in [0.4, 0.5) is 5.69 Å². The number of hydrogen-bond donors (Lipinski definition) is 2. The highest BCUT2D eigenvalue weighted by atomic mass is 16.1. The van der Waals surface area contributed by atoms with Crippen molar-refractivity contribution in [3.05, 3.63) is 29.3 Å². The molecule has 1 aliphatic heterocycles. The van der Waals surface area contributed by atoms with Crippen LogP contribution in [-0.4, -0.2) is 24.9 Å². The standard InChI is InChI=1S/C14H18N2O/c17-14(9-16-12-4-5-12)11-3-6-13-10(8-11)2-1-7-15-13/h3,6,8,12,15-16H,1-2,4-5,7,9H2. The summed E-state index contributed by atoms with van der Waals surface area (Å²) >= 11 is 0. The summed E-state index contributed by atoms with van der Waals surface area (Å²) in [6.07, 6.45) is 4.69. The van der Waals surface area contributed by atoms with Gasteiger partial charge in [-0.05, 0) is 49.4 Å². The second-order valence-electron chi connectivity index (χ2n) is 4.98. The summed E-state index contributed by atoms with van der Waals surface area (Å²) in [7, 11) is 0. The molecular formula is C14H18N2O. The van der Waals surface area contributed by atoms with Gasteiger partial charge in [-0.3, -0.25) is 4.79 Å². The molecule has 1 aliphatic carbocycles. The van der Waals surface area contributed by atoms with Crippen molar-refractivity contribution in [1.29, 1.82) is 0 Å². The fourth-order valence-electron chi connectivity index (χ4n) is 2.27. The fourth-order valence-corrected chi connectivity index (χ4v) is 2.27. The first-order chi connectivity index (χ1) is 8.33. The van der Waals surface area contributed by atoms with E-state index in [0.29, 0.717) is 12.6 Å². The third-order valence-corrected chi connectivity index (χ3v) is 3.49. The Labute approximate surface area is 102 Å². The van der Waals surface area contributed by atoms with Gasteiger partial charge in [-0.2, -0.15) is 0 Å². The summed E-state index contributed by atoms with van der Waals surface area (Å²) in [6, 6.07) is 6.63. The van der Waals surface area contributed by atoms with Gasteiger partial charge in [0.25, 0.3) is 0 Å². The zero-order valence-electron chi connectivity index (χ0n) is 9.96. The van der Waals surface area contributed by atoms with Crippen molar-refractivity contribution in [2.24, 2.45) is 0 Å². The van der Waals surface area contributed by atoms with Crippen molar-refractivity contribution in [2.75, 3.05) is 18.4 Å². The lowest BCUT2D eigenvalue weighted by atomic mass is 9.99. The maximum Gasteiger partial charge on any atom is 0.176 e. The number of fused-ring (bicyclic) bond motifs is 1. The Morgan fingerprint density at radius 1 is 1.41 bits per heavy atom. The molecule has 1 fully saturated rings. The van der Waals surface area contributed by atoms with Crippen LogP contribution in [0.1, 0.15) is 35.2 Å². The monoisotopic (exact) mass is 230 g/mol. The molecule has 3 rings (SSSR count). The van der Waals surface area contributed by atoms with Crippen LogP contribution in [0.15, 0.2) is 18.2 Å². The van der Waals surface area contributed by atoms with E-state index in [1.807, 2.05) is 12.1 Å². The van der Waals surface area contributed by atoms with E-state index in [4.69, 9.17) is 0 Å². The van der Waals surface area contributed by atoms with Crippen LogP contribution in [0.2, 0.25) is 0 Å².